The number of aromatic amines is 1. The first kappa shape index (κ1) is 15.5. The zero-order valence-corrected chi connectivity index (χ0v) is 13.0. The van der Waals surface area contributed by atoms with Gasteiger partial charge in [0.1, 0.15) is 5.60 Å². The predicted octanol–water partition coefficient (Wildman–Crippen LogP) is 0.567. The zero-order chi connectivity index (χ0) is 15.6. The number of carbonyl (C=O) groups excluding carboxylic acids is 1. The van der Waals surface area contributed by atoms with Crippen molar-refractivity contribution in [2.45, 2.75) is 57.0 Å². The van der Waals surface area contributed by atoms with E-state index in [9.17, 15) is 15.0 Å². The van der Waals surface area contributed by atoms with E-state index in [4.69, 9.17) is 0 Å². The molecule has 2 aliphatic rings. The maximum absolute atomic E-state index is 12.4. The number of aromatic nitrogens is 2. The Labute approximate surface area is 130 Å². The molecule has 122 valence electrons. The summed E-state index contributed by atoms with van der Waals surface area (Å²) >= 11 is 0. The van der Waals surface area contributed by atoms with Gasteiger partial charge in [0.25, 0.3) is 0 Å². The molecule has 0 saturated carbocycles. The van der Waals surface area contributed by atoms with Gasteiger partial charge in [-0.2, -0.15) is 5.10 Å². The summed E-state index contributed by atoms with van der Waals surface area (Å²) in [6.07, 6.45) is 6.89. The van der Waals surface area contributed by atoms with E-state index >= 15 is 0 Å². The Morgan fingerprint density at radius 2 is 2.14 bits per heavy atom. The molecule has 1 saturated heterocycles. The molecule has 0 bridgehead atoms. The highest BCUT2D eigenvalue weighted by molar-refractivity contribution is 5.76. The molecular formula is C16H25N3O3. The second kappa shape index (κ2) is 6.38. The van der Waals surface area contributed by atoms with Crippen molar-refractivity contribution in [2.24, 2.45) is 0 Å². The van der Waals surface area contributed by atoms with Crippen LogP contribution in [0.5, 0.6) is 0 Å². The average molecular weight is 307 g/mol. The topological polar surface area (TPSA) is 89.5 Å². The lowest BCUT2D eigenvalue weighted by Crippen LogP contribution is -2.52. The number of piperidine rings is 1. The molecule has 0 radical (unpaired) electrons. The fourth-order valence-corrected chi connectivity index (χ4v) is 3.59. The van der Waals surface area contributed by atoms with Gasteiger partial charge in [-0.05, 0) is 44.1 Å². The van der Waals surface area contributed by atoms with Gasteiger partial charge in [0, 0.05) is 25.1 Å². The molecule has 3 N–H and O–H groups in total. The molecule has 1 atom stereocenters. The van der Waals surface area contributed by atoms with Crippen LogP contribution in [0.15, 0.2) is 0 Å². The van der Waals surface area contributed by atoms with Crippen LogP contribution in [0.2, 0.25) is 0 Å². The van der Waals surface area contributed by atoms with E-state index in [0.29, 0.717) is 25.8 Å². The summed E-state index contributed by atoms with van der Waals surface area (Å²) in [7, 11) is 0. The quantitative estimate of drug-likeness (QED) is 0.758. The van der Waals surface area contributed by atoms with Crippen LogP contribution in [0.25, 0.3) is 0 Å². The minimum absolute atomic E-state index is 0.0409. The molecule has 1 amide bonds. The molecular weight excluding hydrogens is 282 g/mol. The number of β-amino-alcohol motifs (C(OH)–C–C–N with tert-alkyl or cyclic N) is 1. The van der Waals surface area contributed by atoms with Gasteiger partial charge in [-0.25, -0.2) is 0 Å². The van der Waals surface area contributed by atoms with E-state index in [2.05, 4.69) is 10.2 Å². The van der Waals surface area contributed by atoms with Crippen molar-refractivity contribution in [1.29, 1.82) is 0 Å². The van der Waals surface area contributed by atoms with Gasteiger partial charge < -0.3 is 15.1 Å². The molecule has 3 rings (SSSR count). The fourth-order valence-electron chi connectivity index (χ4n) is 3.59. The number of nitrogens with zero attached hydrogens (tertiary/aromatic N) is 2. The van der Waals surface area contributed by atoms with Crippen molar-refractivity contribution >= 4 is 5.91 Å². The Balaban J connectivity index is 1.57. The minimum Gasteiger partial charge on any atom is -0.393 e. The second-order valence-electron chi connectivity index (χ2n) is 6.64. The number of likely N-dealkylation sites (tertiary alicyclic amines) is 1. The van der Waals surface area contributed by atoms with E-state index in [1.807, 2.05) is 0 Å². The maximum Gasteiger partial charge on any atom is 0.223 e. The molecule has 0 spiro atoms. The maximum atomic E-state index is 12.4. The predicted molar refractivity (Wildman–Crippen MR) is 81.4 cm³/mol. The molecule has 1 aliphatic heterocycles. The fraction of sp³-hybridized carbons (Fsp3) is 0.750. The van der Waals surface area contributed by atoms with Crippen molar-refractivity contribution in [3.63, 3.8) is 0 Å². The van der Waals surface area contributed by atoms with Crippen molar-refractivity contribution in [2.75, 3.05) is 19.7 Å². The summed E-state index contributed by atoms with van der Waals surface area (Å²) in [6, 6.07) is 0. The van der Waals surface area contributed by atoms with Gasteiger partial charge in [0.15, 0.2) is 0 Å². The molecule has 1 aliphatic carbocycles. The summed E-state index contributed by atoms with van der Waals surface area (Å²) in [5.41, 5.74) is 2.45. The zero-order valence-electron chi connectivity index (χ0n) is 13.0. The van der Waals surface area contributed by atoms with Crippen LogP contribution in [-0.4, -0.2) is 56.5 Å². The number of nitrogens with one attached hydrogen (secondary N) is 1. The highest BCUT2D eigenvalue weighted by Gasteiger charge is 2.34. The molecule has 1 aromatic rings. The lowest BCUT2D eigenvalue weighted by molar-refractivity contribution is -0.140. The Morgan fingerprint density at radius 3 is 2.95 bits per heavy atom. The summed E-state index contributed by atoms with van der Waals surface area (Å²) in [5.74, 6) is 0.0409. The largest absolute Gasteiger partial charge is 0.393 e. The van der Waals surface area contributed by atoms with Gasteiger partial charge in [-0.15, -0.1) is 0 Å². The van der Waals surface area contributed by atoms with Gasteiger partial charge in [0.05, 0.1) is 18.8 Å². The second-order valence-corrected chi connectivity index (χ2v) is 6.64. The summed E-state index contributed by atoms with van der Waals surface area (Å²) < 4.78 is 0. The van der Waals surface area contributed by atoms with Gasteiger partial charge in [0.2, 0.25) is 5.91 Å². The van der Waals surface area contributed by atoms with E-state index in [0.717, 1.165) is 25.0 Å². The number of carbonyl (C=O) groups is 1. The van der Waals surface area contributed by atoms with E-state index in [-0.39, 0.29) is 19.1 Å². The lowest BCUT2D eigenvalue weighted by atomic mass is 9.93. The summed E-state index contributed by atoms with van der Waals surface area (Å²) in [6.45, 7) is 0.616. The smallest absolute Gasteiger partial charge is 0.223 e. The summed E-state index contributed by atoms with van der Waals surface area (Å²) in [5, 5.41) is 26.9. The molecule has 22 heavy (non-hydrogen) atoms. The number of aryl methyl sites for hydroxylation is 2. The SMILES string of the molecule is O=C(CCc1n[nH]c2c1CCCC2)N1CCCC(O)(CO)C1. The van der Waals surface area contributed by atoms with Crippen LogP contribution in [0.4, 0.5) is 0 Å². The van der Waals surface area contributed by atoms with Crippen molar-refractivity contribution in [3.05, 3.63) is 17.0 Å². The van der Waals surface area contributed by atoms with E-state index in [1.54, 1.807) is 4.90 Å². The van der Waals surface area contributed by atoms with Crippen molar-refractivity contribution in [1.82, 2.24) is 15.1 Å². The molecule has 1 unspecified atom stereocenters. The van der Waals surface area contributed by atoms with Crippen LogP contribution in [-0.2, 0) is 24.1 Å². The molecule has 6 nitrogen and oxygen atoms in total. The molecule has 6 heteroatoms. The first-order valence-electron chi connectivity index (χ1n) is 8.27. The minimum atomic E-state index is -1.13. The molecule has 1 fully saturated rings. The number of H-pyrrole nitrogens is 1. The van der Waals surface area contributed by atoms with Crippen LogP contribution < -0.4 is 0 Å². The molecule has 1 aromatic heterocycles. The van der Waals surface area contributed by atoms with Crippen molar-refractivity contribution in [3.8, 4) is 0 Å². The third kappa shape index (κ3) is 3.17. The lowest BCUT2D eigenvalue weighted by Gasteiger charge is -2.38. The average Bonchev–Trinajstić information content (AvgIpc) is 2.96. The highest BCUT2D eigenvalue weighted by atomic mass is 16.3. The third-order valence-corrected chi connectivity index (χ3v) is 4.92. The number of aliphatic hydroxyl groups is 2. The third-order valence-electron chi connectivity index (χ3n) is 4.92. The van der Waals surface area contributed by atoms with Crippen LogP contribution in [0.3, 0.4) is 0 Å². The van der Waals surface area contributed by atoms with Crippen molar-refractivity contribution < 1.29 is 15.0 Å². The van der Waals surface area contributed by atoms with Gasteiger partial charge in [-0.3, -0.25) is 9.89 Å². The van der Waals surface area contributed by atoms with Crippen LogP contribution >= 0.6 is 0 Å². The molecule has 2 heterocycles. The number of fused-ring (bicyclic) bond motifs is 1. The number of aliphatic hydroxyl groups excluding tert-OH is 1. The normalized spacial score (nSPS) is 25.1. The Bertz CT molecular complexity index is 543. The Hall–Kier alpha value is -1.40. The van der Waals surface area contributed by atoms with Gasteiger partial charge >= 0.3 is 0 Å². The number of hydrogen-bond acceptors (Lipinski definition) is 4. The van der Waals surface area contributed by atoms with Crippen LogP contribution in [0, 0.1) is 0 Å². The number of hydrogen-bond donors (Lipinski definition) is 3. The summed E-state index contributed by atoms with van der Waals surface area (Å²) in [4.78, 5) is 14.0. The monoisotopic (exact) mass is 307 g/mol. The van der Waals surface area contributed by atoms with E-state index < -0.39 is 5.60 Å². The first-order valence-corrected chi connectivity index (χ1v) is 8.27. The first-order chi connectivity index (χ1) is 10.6. The standard InChI is InChI=1S/C16H25N3O3/c20-11-16(22)8-3-9-19(10-16)15(21)7-6-14-12-4-1-2-5-13(12)17-18-14/h20,22H,1-11H2,(H,17,18). The Morgan fingerprint density at radius 1 is 1.32 bits per heavy atom. The van der Waals surface area contributed by atoms with Gasteiger partial charge in [-0.1, -0.05) is 0 Å². The number of amides is 1. The Kier molecular flexibility index (Phi) is 4.49. The molecule has 0 aromatic carbocycles. The highest BCUT2D eigenvalue weighted by Crippen LogP contribution is 2.24. The van der Waals surface area contributed by atoms with E-state index in [1.165, 1.54) is 24.1 Å². The van der Waals surface area contributed by atoms with Crippen LogP contribution in [0.1, 0.15) is 49.1 Å². The number of rotatable bonds is 4.